The molecule has 0 fully saturated rings. The summed E-state index contributed by atoms with van der Waals surface area (Å²) < 4.78 is 0. The zero-order chi connectivity index (χ0) is 17.7. The average molecular weight is 364 g/mol. The van der Waals surface area contributed by atoms with Crippen LogP contribution in [0.2, 0.25) is 0 Å². The number of hydrogen-bond acceptors (Lipinski definition) is 4. The molecule has 0 radical (unpaired) electrons. The van der Waals surface area contributed by atoms with Crippen molar-refractivity contribution in [2.45, 2.75) is 30.8 Å². The summed E-state index contributed by atoms with van der Waals surface area (Å²) in [6.07, 6.45) is 0.0440. The quantitative estimate of drug-likeness (QED) is 0.582. The maximum Gasteiger partial charge on any atom is 0.343 e. The van der Waals surface area contributed by atoms with Crippen molar-refractivity contribution in [3.05, 3.63) is 42.5 Å². The number of rotatable bonds is 7. The Morgan fingerprint density at radius 3 is 2.62 bits per heavy atom. The van der Waals surface area contributed by atoms with Crippen LogP contribution in [0.5, 0.6) is 0 Å². The SMILES string of the molecule is CC(C)CC(O)(C=[P+]([O-])CSc1cccc2ccccc12)C(=O)O. The summed E-state index contributed by atoms with van der Waals surface area (Å²) in [5.74, 6) is -0.283. The summed E-state index contributed by atoms with van der Waals surface area (Å²) in [5, 5.41) is 21.7. The lowest BCUT2D eigenvalue weighted by Crippen LogP contribution is -2.41. The van der Waals surface area contributed by atoms with Gasteiger partial charge in [0.2, 0.25) is 5.60 Å². The van der Waals surface area contributed by atoms with Crippen molar-refractivity contribution in [1.29, 1.82) is 0 Å². The van der Waals surface area contributed by atoms with Gasteiger partial charge in [0.05, 0.1) is 7.77 Å². The summed E-state index contributed by atoms with van der Waals surface area (Å²) in [4.78, 5) is 24.6. The highest BCUT2D eigenvalue weighted by atomic mass is 32.2. The second-order valence-electron chi connectivity index (χ2n) is 6.12. The van der Waals surface area contributed by atoms with Crippen LogP contribution in [-0.2, 0) is 4.79 Å². The van der Waals surface area contributed by atoms with E-state index in [1.165, 1.54) is 11.8 Å². The van der Waals surface area contributed by atoms with E-state index in [-0.39, 0.29) is 17.8 Å². The molecule has 128 valence electrons. The van der Waals surface area contributed by atoms with E-state index in [2.05, 4.69) is 0 Å². The van der Waals surface area contributed by atoms with Crippen LogP contribution >= 0.6 is 19.5 Å². The Morgan fingerprint density at radius 1 is 1.29 bits per heavy atom. The van der Waals surface area contributed by atoms with Crippen LogP contribution in [0.4, 0.5) is 0 Å². The van der Waals surface area contributed by atoms with Crippen molar-refractivity contribution in [1.82, 2.24) is 0 Å². The fourth-order valence-corrected chi connectivity index (χ4v) is 5.12. The van der Waals surface area contributed by atoms with E-state index in [4.69, 9.17) is 0 Å². The number of carboxylic acids is 1. The van der Waals surface area contributed by atoms with Gasteiger partial charge in [0.1, 0.15) is 5.80 Å². The second kappa shape index (κ2) is 8.13. The third-order valence-electron chi connectivity index (χ3n) is 3.54. The molecule has 0 saturated carbocycles. The van der Waals surface area contributed by atoms with E-state index in [1.54, 1.807) is 0 Å². The standard InChI is InChI=1S/C18H21O4PS/c1-13(2)10-18(21,17(19)20)11-23(22)12-24-16-9-5-7-14-6-3-4-8-15(14)16/h3-9,11,13,21H,10,12H2,1-2H3,(H,19,20). The van der Waals surface area contributed by atoms with Crippen molar-refractivity contribution in [2.24, 2.45) is 5.92 Å². The van der Waals surface area contributed by atoms with Crippen LogP contribution in [0.25, 0.3) is 10.8 Å². The molecule has 0 heterocycles. The van der Waals surface area contributed by atoms with Crippen LogP contribution in [0.1, 0.15) is 20.3 Å². The van der Waals surface area contributed by atoms with E-state index < -0.39 is 19.3 Å². The van der Waals surface area contributed by atoms with Crippen molar-refractivity contribution >= 4 is 42.1 Å². The molecular formula is C18H21O4PS. The molecule has 2 aromatic carbocycles. The van der Waals surface area contributed by atoms with Crippen molar-refractivity contribution in [3.8, 4) is 0 Å². The highest BCUT2D eigenvalue weighted by Gasteiger charge is 2.37. The maximum atomic E-state index is 12.3. The lowest BCUT2D eigenvalue weighted by atomic mass is 9.94. The van der Waals surface area contributed by atoms with Crippen LogP contribution in [0, 0.1) is 5.92 Å². The Bertz CT molecular complexity index is 754. The Kier molecular flexibility index (Phi) is 6.41. The van der Waals surface area contributed by atoms with Gasteiger partial charge in [-0.15, -0.1) is 0 Å². The molecular weight excluding hydrogens is 343 g/mol. The molecule has 0 aliphatic rings. The van der Waals surface area contributed by atoms with Crippen LogP contribution < -0.4 is 4.89 Å². The molecule has 4 nitrogen and oxygen atoms in total. The number of hydrogen-bond donors (Lipinski definition) is 2. The van der Waals surface area contributed by atoms with Gasteiger partial charge in [0.25, 0.3) is 0 Å². The average Bonchev–Trinajstić information content (AvgIpc) is 2.51. The highest BCUT2D eigenvalue weighted by molar-refractivity contribution is 8.04. The van der Waals surface area contributed by atoms with Gasteiger partial charge in [0, 0.05) is 4.90 Å². The van der Waals surface area contributed by atoms with Crippen molar-refractivity contribution in [2.75, 3.05) is 5.49 Å². The summed E-state index contributed by atoms with van der Waals surface area (Å²) in [5.41, 5.74) is -1.81. The number of benzene rings is 2. The van der Waals surface area contributed by atoms with E-state index in [1.807, 2.05) is 56.3 Å². The number of fused-ring (bicyclic) bond motifs is 1. The molecule has 2 N–H and O–H groups in total. The van der Waals surface area contributed by atoms with Crippen molar-refractivity contribution in [3.63, 3.8) is 0 Å². The molecule has 0 aliphatic heterocycles. The molecule has 6 heteroatoms. The number of thioether (sulfide) groups is 1. The Balaban J connectivity index is 2.16. The topological polar surface area (TPSA) is 80.6 Å². The minimum absolute atomic E-state index is 0.0172. The minimum atomic E-state index is -2.04. The second-order valence-corrected chi connectivity index (χ2v) is 8.98. The Morgan fingerprint density at radius 2 is 1.96 bits per heavy atom. The Labute approximate surface area is 147 Å². The molecule has 2 aromatic rings. The number of aliphatic carboxylic acids is 1. The van der Waals surface area contributed by atoms with Crippen LogP contribution in [-0.4, -0.2) is 33.1 Å². The predicted octanol–water partition coefficient (Wildman–Crippen LogP) is 3.31. The normalized spacial score (nSPS) is 14.8. The molecule has 0 spiro atoms. The smallest absolute Gasteiger partial charge is 0.343 e. The molecule has 0 aromatic heterocycles. The first-order valence-electron chi connectivity index (χ1n) is 7.68. The first-order chi connectivity index (χ1) is 11.3. The lowest BCUT2D eigenvalue weighted by molar-refractivity contribution is -0.156. The van der Waals surface area contributed by atoms with E-state index in [9.17, 15) is 19.9 Å². The highest BCUT2D eigenvalue weighted by Crippen LogP contribution is 2.33. The number of carbonyl (C=O) groups is 1. The van der Waals surface area contributed by atoms with E-state index in [0.29, 0.717) is 0 Å². The Hall–Kier alpha value is -1.39. The fraction of sp³-hybridized carbons (Fsp3) is 0.333. The summed E-state index contributed by atoms with van der Waals surface area (Å²) in [7, 11) is -1.95. The molecule has 2 unspecified atom stereocenters. The lowest BCUT2D eigenvalue weighted by Gasteiger charge is -2.19. The molecule has 0 amide bonds. The monoisotopic (exact) mass is 364 g/mol. The third kappa shape index (κ3) is 4.81. The van der Waals surface area contributed by atoms with Gasteiger partial charge in [0.15, 0.2) is 5.49 Å². The predicted molar refractivity (Wildman–Crippen MR) is 99.7 cm³/mol. The minimum Gasteiger partial charge on any atom is -0.630 e. The number of aliphatic hydroxyl groups is 1. The first-order valence-corrected chi connectivity index (χ1v) is 10.2. The molecule has 0 bridgehead atoms. The molecule has 2 atom stereocenters. The summed E-state index contributed by atoms with van der Waals surface area (Å²) >= 11 is 1.41. The van der Waals surface area contributed by atoms with Gasteiger partial charge in [-0.25, -0.2) is 4.79 Å². The van der Waals surface area contributed by atoms with Crippen LogP contribution in [0.3, 0.4) is 0 Å². The number of carboxylic acid groups (broad SMARTS) is 1. The molecule has 0 saturated heterocycles. The van der Waals surface area contributed by atoms with Crippen LogP contribution in [0.15, 0.2) is 47.4 Å². The fourth-order valence-electron chi connectivity index (χ4n) is 2.55. The van der Waals surface area contributed by atoms with Gasteiger partial charge in [-0.05, 0) is 29.2 Å². The van der Waals surface area contributed by atoms with Gasteiger partial charge in [-0.2, -0.15) is 0 Å². The maximum absolute atomic E-state index is 12.3. The first kappa shape index (κ1) is 18.9. The summed E-state index contributed by atoms with van der Waals surface area (Å²) in [6.45, 7) is 3.64. The van der Waals surface area contributed by atoms with Crippen molar-refractivity contribution < 1.29 is 19.9 Å². The van der Waals surface area contributed by atoms with E-state index >= 15 is 0 Å². The zero-order valence-corrected chi connectivity index (χ0v) is 15.4. The van der Waals surface area contributed by atoms with E-state index in [0.717, 1.165) is 21.5 Å². The zero-order valence-electron chi connectivity index (χ0n) is 13.7. The molecule has 0 aliphatic carbocycles. The van der Waals surface area contributed by atoms with Gasteiger partial charge < -0.3 is 15.1 Å². The largest absolute Gasteiger partial charge is 0.630 e. The van der Waals surface area contributed by atoms with Gasteiger partial charge in [-0.1, -0.05) is 62.0 Å². The summed E-state index contributed by atoms with van der Waals surface area (Å²) in [6, 6.07) is 13.8. The van der Waals surface area contributed by atoms with Gasteiger partial charge in [-0.3, -0.25) is 0 Å². The molecule has 2 rings (SSSR count). The molecule has 24 heavy (non-hydrogen) atoms. The van der Waals surface area contributed by atoms with Gasteiger partial charge >= 0.3 is 5.97 Å². The third-order valence-corrected chi connectivity index (χ3v) is 6.46.